The van der Waals surface area contributed by atoms with Gasteiger partial charge in [0, 0.05) is 30.7 Å². The lowest BCUT2D eigenvalue weighted by molar-refractivity contribution is -0.116. The van der Waals surface area contributed by atoms with Crippen LogP contribution in [0.25, 0.3) is 10.7 Å². The minimum atomic E-state index is -0.132. The molecule has 28 heavy (non-hydrogen) atoms. The molecule has 1 amide bonds. The van der Waals surface area contributed by atoms with Crippen LogP contribution in [0.4, 0.5) is 5.69 Å². The number of carbonyl (C=O) groups excluding carboxylic acids is 1. The number of ether oxygens (including phenoxy) is 3. The molecule has 0 aliphatic rings. The molecular weight excluding hydrogens is 382 g/mol. The summed E-state index contributed by atoms with van der Waals surface area (Å²) in [5.41, 5.74) is 0.567. The molecule has 0 atom stereocenters. The standard InChI is InChI=1S/C19H21N3O5S/c1-24-13-10-12(11-14(25-2)18(13)26-3)20-16(23)7-4-8-17-21-19(22-27-17)15-6-5-9-28-15/h5-6,9-11H,4,7-8H2,1-3H3,(H,20,23). The number of amides is 1. The van der Waals surface area contributed by atoms with E-state index < -0.39 is 0 Å². The molecule has 0 spiro atoms. The van der Waals surface area contributed by atoms with E-state index in [-0.39, 0.29) is 5.91 Å². The second kappa shape index (κ2) is 9.23. The first-order chi connectivity index (χ1) is 13.6. The molecule has 9 heteroatoms. The van der Waals surface area contributed by atoms with Gasteiger partial charge in [-0.15, -0.1) is 11.3 Å². The van der Waals surface area contributed by atoms with Gasteiger partial charge in [-0.2, -0.15) is 4.98 Å². The largest absolute Gasteiger partial charge is 0.493 e. The molecule has 3 aromatic rings. The summed E-state index contributed by atoms with van der Waals surface area (Å²) in [5, 5.41) is 8.76. The summed E-state index contributed by atoms with van der Waals surface area (Å²) >= 11 is 1.55. The second-order valence-electron chi connectivity index (χ2n) is 5.80. The molecule has 1 aromatic carbocycles. The number of carbonyl (C=O) groups is 1. The van der Waals surface area contributed by atoms with Crippen LogP contribution in [-0.2, 0) is 11.2 Å². The lowest BCUT2D eigenvalue weighted by Crippen LogP contribution is -2.12. The van der Waals surface area contributed by atoms with Gasteiger partial charge in [-0.1, -0.05) is 11.2 Å². The Bertz CT molecular complexity index is 899. The third-order valence-electron chi connectivity index (χ3n) is 3.95. The molecule has 0 unspecified atom stereocenters. The highest BCUT2D eigenvalue weighted by molar-refractivity contribution is 7.13. The molecule has 0 radical (unpaired) electrons. The normalized spacial score (nSPS) is 10.5. The first kappa shape index (κ1) is 19.7. The number of aryl methyl sites for hydroxylation is 1. The van der Waals surface area contributed by atoms with Crippen LogP contribution in [0.5, 0.6) is 17.2 Å². The lowest BCUT2D eigenvalue weighted by Gasteiger charge is -2.14. The van der Waals surface area contributed by atoms with Gasteiger partial charge in [0.15, 0.2) is 11.5 Å². The van der Waals surface area contributed by atoms with Crippen molar-refractivity contribution >= 4 is 22.9 Å². The summed E-state index contributed by atoms with van der Waals surface area (Å²) in [6, 6.07) is 7.24. The van der Waals surface area contributed by atoms with Crippen LogP contribution in [0, 0.1) is 0 Å². The minimum absolute atomic E-state index is 0.132. The molecule has 0 aliphatic carbocycles. The average Bonchev–Trinajstić information content (AvgIpc) is 3.38. The molecule has 0 aliphatic heterocycles. The van der Waals surface area contributed by atoms with Gasteiger partial charge < -0.3 is 24.1 Å². The van der Waals surface area contributed by atoms with Crippen molar-refractivity contribution in [2.24, 2.45) is 0 Å². The van der Waals surface area contributed by atoms with E-state index >= 15 is 0 Å². The Hall–Kier alpha value is -3.07. The van der Waals surface area contributed by atoms with E-state index in [9.17, 15) is 4.79 Å². The quantitative estimate of drug-likeness (QED) is 0.581. The van der Waals surface area contributed by atoms with Crippen molar-refractivity contribution in [3.8, 4) is 28.0 Å². The van der Waals surface area contributed by atoms with Crippen molar-refractivity contribution < 1.29 is 23.5 Å². The van der Waals surface area contributed by atoms with Crippen LogP contribution in [0.2, 0.25) is 0 Å². The van der Waals surface area contributed by atoms with Gasteiger partial charge in [0.05, 0.1) is 26.2 Å². The summed E-state index contributed by atoms with van der Waals surface area (Å²) in [7, 11) is 4.58. The molecule has 0 fully saturated rings. The van der Waals surface area contributed by atoms with E-state index in [1.54, 1.807) is 23.5 Å². The molecule has 3 rings (SSSR count). The number of hydrogen-bond acceptors (Lipinski definition) is 8. The summed E-state index contributed by atoms with van der Waals surface area (Å²) in [6.07, 6.45) is 1.43. The Kier molecular flexibility index (Phi) is 6.49. The predicted molar refractivity (Wildman–Crippen MR) is 105 cm³/mol. The van der Waals surface area contributed by atoms with Crippen molar-refractivity contribution in [3.05, 3.63) is 35.5 Å². The smallest absolute Gasteiger partial charge is 0.226 e. The van der Waals surface area contributed by atoms with Gasteiger partial charge in [0.2, 0.25) is 23.4 Å². The molecule has 1 N–H and O–H groups in total. The van der Waals surface area contributed by atoms with E-state index in [1.165, 1.54) is 21.3 Å². The molecule has 0 saturated heterocycles. The number of hydrogen-bond donors (Lipinski definition) is 1. The molecule has 0 bridgehead atoms. The van der Waals surface area contributed by atoms with Crippen molar-refractivity contribution in [2.75, 3.05) is 26.6 Å². The summed E-state index contributed by atoms with van der Waals surface area (Å²) in [5.74, 6) is 2.39. The lowest BCUT2D eigenvalue weighted by atomic mass is 10.2. The Labute approximate surface area is 166 Å². The maximum atomic E-state index is 12.3. The zero-order chi connectivity index (χ0) is 19.9. The van der Waals surface area contributed by atoms with E-state index in [0.29, 0.717) is 53.9 Å². The number of rotatable bonds is 9. The van der Waals surface area contributed by atoms with Crippen LogP contribution in [0.3, 0.4) is 0 Å². The van der Waals surface area contributed by atoms with Gasteiger partial charge in [-0.05, 0) is 17.9 Å². The number of nitrogens with zero attached hydrogens (tertiary/aromatic N) is 2. The van der Waals surface area contributed by atoms with Gasteiger partial charge in [0.1, 0.15) is 0 Å². The Morgan fingerprint density at radius 3 is 2.54 bits per heavy atom. The second-order valence-corrected chi connectivity index (χ2v) is 6.75. The first-order valence-electron chi connectivity index (χ1n) is 8.61. The van der Waals surface area contributed by atoms with E-state index in [2.05, 4.69) is 15.5 Å². The van der Waals surface area contributed by atoms with E-state index in [4.69, 9.17) is 18.7 Å². The third kappa shape index (κ3) is 4.61. The average molecular weight is 403 g/mol. The minimum Gasteiger partial charge on any atom is -0.493 e. The molecule has 0 saturated carbocycles. The van der Waals surface area contributed by atoms with Crippen molar-refractivity contribution in [1.82, 2.24) is 10.1 Å². The van der Waals surface area contributed by atoms with Gasteiger partial charge in [0.25, 0.3) is 0 Å². The summed E-state index contributed by atoms with van der Waals surface area (Å²) in [4.78, 5) is 17.6. The van der Waals surface area contributed by atoms with Crippen molar-refractivity contribution in [2.45, 2.75) is 19.3 Å². The number of thiophene rings is 1. The summed E-state index contributed by atoms with van der Waals surface area (Å²) in [6.45, 7) is 0. The molecular formula is C19H21N3O5S. The number of anilines is 1. The first-order valence-corrected chi connectivity index (χ1v) is 9.49. The van der Waals surface area contributed by atoms with E-state index in [0.717, 1.165) is 4.88 Å². The van der Waals surface area contributed by atoms with Crippen molar-refractivity contribution in [3.63, 3.8) is 0 Å². The summed E-state index contributed by atoms with van der Waals surface area (Å²) < 4.78 is 21.1. The highest BCUT2D eigenvalue weighted by atomic mass is 32.1. The highest BCUT2D eigenvalue weighted by Gasteiger charge is 2.15. The fraction of sp³-hybridized carbons (Fsp3) is 0.316. The van der Waals surface area contributed by atoms with Crippen LogP contribution in [0.1, 0.15) is 18.7 Å². The Morgan fingerprint density at radius 2 is 1.93 bits per heavy atom. The Balaban J connectivity index is 1.55. The maximum absolute atomic E-state index is 12.3. The number of methoxy groups -OCH3 is 3. The highest BCUT2D eigenvalue weighted by Crippen LogP contribution is 2.39. The van der Waals surface area contributed by atoms with Crippen molar-refractivity contribution in [1.29, 1.82) is 0 Å². The fourth-order valence-corrected chi connectivity index (χ4v) is 3.29. The topological polar surface area (TPSA) is 95.7 Å². The number of nitrogens with one attached hydrogen (secondary N) is 1. The monoisotopic (exact) mass is 403 g/mol. The number of aromatic nitrogens is 2. The van der Waals surface area contributed by atoms with Crippen LogP contribution < -0.4 is 19.5 Å². The van der Waals surface area contributed by atoms with Crippen LogP contribution in [0.15, 0.2) is 34.2 Å². The third-order valence-corrected chi connectivity index (χ3v) is 4.82. The zero-order valence-corrected chi connectivity index (χ0v) is 16.7. The molecule has 8 nitrogen and oxygen atoms in total. The SMILES string of the molecule is COc1cc(NC(=O)CCCc2nc(-c3cccs3)no2)cc(OC)c1OC. The van der Waals surface area contributed by atoms with Gasteiger partial charge >= 0.3 is 0 Å². The molecule has 2 heterocycles. The van der Waals surface area contributed by atoms with E-state index in [1.807, 2.05) is 17.5 Å². The molecule has 148 valence electrons. The van der Waals surface area contributed by atoms with Gasteiger partial charge in [-0.3, -0.25) is 4.79 Å². The van der Waals surface area contributed by atoms with Crippen LogP contribution >= 0.6 is 11.3 Å². The predicted octanol–water partition coefficient (Wildman–Crippen LogP) is 3.79. The Morgan fingerprint density at radius 1 is 1.18 bits per heavy atom. The molecule has 2 aromatic heterocycles. The maximum Gasteiger partial charge on any atom is 0.226 e. The van der Waals surface area contributed by atoms with Crippen LogP contribution in [-0.4, -0.2) is 37.4 Å². The zero-order valence-electron chi connectivity index (χ0n) is 15.9. The number of benzene rings is 1. The van der Waals surface area contributed by atoms with Gasteiger partial charge in [-0.25, -0.2) is 0 Å². The fourth-order valence-electron chi connectivity index (χ4n) is 2.64.